The van der Waals surface area contributed by atoms with Crippen molar-refractivity contribution < 1.29 is 14.0 Å². The average Bonchev–Trinajstić information content (AvgIpc) is 2.79. The third kappa shape index (κ3) is 16.0. The van der Waals surface area contributed by atoms with Crippen molar-refractivity contribution in [2.45, 2.75) is 117 Å². The number of carbonyl (C=O) groups is 1. The minimum Gasteiger partial charge on any atom is -0.487 e. The summed E-state index contributed by atoms with van der Waals surface area (Å²) in [5.74, 6) is 0.706. The van der Waals surface area contributed by atoms with Crippen LogP contribution in [-0.4, -0.2) is 44.6 Å². The second kappa shape index (κ2) is 19.0. The van der Waals surface area contributed by atoms with E-state index in [4.69, 9.17) is 4.74 Å². The predicted molar refractivity (Wildman–Crippen MR) is 143 cm³/mol. The van der Waals surface area contributed by atoms with E-state index < -0.39 is 0 Å². The molecule has 0 heterocycles. The SMILES string of the molecule is CCCCCCCCCCCCCCCCCC[N+](C)(C)CCOc1ccc(C)cc1C=O. The number of likely N-dealkylation sites (N-methyl/N-ethyl adjacent to an activating group) is 1. The van der Waals surface area contributed by atoms with Crippen LogP contribution < -0.4 is 4.74 Å². The van der Waals surface area contributed by atoms with Gasteiger partial charge >= 0.3 is 0 Å². The standard InChI is InChI=1S/C30H54NO2/c1-5-6-7-8-9-10-11-12-13-14-15-16-17-18-19-20-23-31(3,4)24-25-33-30-22-21-28(2)26-29(30)27-32/h21-22,26-27H,5-20,23-25H2,1-4H3/q+1. The van der Waals surface area contributed by atoms with Crippen LogP contribution in [0.5, 0.6) is 5.75 Å². The summed E-state index contributed by atoms with van der Waals surface area (Å²) >= 11 is 0. The summed E-state index contributed by atoms with van der Waals surface area (Å²) in [6.07, 6.45) is 23.5. The lowest BCUT2D eigenvalue weighted by molar-refractivity contribution is -0.890. The van der Waals surface area contributed by atoms with E-state index in [0.29, 0.717) is 17.9 Å². The van der Waals surface area contributed by atoms with Gasteiger partial charge < -0.3 is 9.22 Å². The zero-order chi connectivity index (χ0) is 24.2. The maximum atomic E-state index is 11.2. The fraction of sp³-hybridized carbons (Fsp3) is 0.767. The number of aryl methyl sites for hydroxylation is 1. The van der Waals surface area contributed by atoms with Crippen LogP contribution in [0.3, 0.4) is 0 Å². The van der Waals surface area contributed by atoms with E-state index in [2.05, 4.69) is 21.0 Å². The van der Waals surface area contributed by atoms with Crippen molar-refractivity contribution in [2.24, 2.45) is 0 Å². The Balaban J connectivity index is 1.94. The molecule has 0 bridgehead atoms. The number of rotatable bonds is 22. The Morgan fingerprint density at radius 2 is 1.21 bits per heavy atom. The van der Waals surface area contributed by atoms with Crippen LogP contribution in [0, 0.1) is 6.92 Å². The predicted octanol–water partition coefficient (Wildman–Crippen LogP) is 8.52. The zero-order valence-electron chi connectivity index (χ0n) is 22.5. The first-order valence-electron chi connectivity index (χ1n) is 14.0. The monoisotopic (exact) mass is 460 g/mol. The first-order valence-corrected chi connectivity index (χ1v) is 14.0. The van der Waals surface area contributed by atoms with E-state index in [1.165, 1.54) is 109 Å². The van der Waals surface area contributed by atoms with Gasteiger partial charge in [0.2, 0.25) is 0 Å². The number of quaternary nitrogens is 1. The Morgan fingerprint density at radius 1 is 0.727 bits per heavy atom. The van der Waals surface area contributed by atoms with E-state index in [1.807, 2.05) is 25.1 Å². The molecule has 0 saturated heterocycles. The Hall–Kier alpha value is -1.35. The molecule has 1 rings (SSSR count). The zero-order valence-corrected chi connectivity index (χ0v) is 22.5. The number of hydrogen-bond acceptors (Lipinski definition) is 2. The van der Waals surface area contributed by atoms with Crippen LogP contribution in [0.4, 0.5) is 0 Å². The van der Waals surface area contributed by atoms with Crippen molar-refractivity contribution in [2.75, 3.05) is 33.8 Å². The van der Waals surface area contributed by atoms with Gasteiger partial charge in [-0.2, -0.15) is 0 Å². The first-order chi connectivity index (χ1) is 16.0. The quantitative estimate of drug-likeness (QED) is 0.0984. The molecular weight excluding hydrogens is 406 g/mol. The van der Waals surface area contributed by atoms with E-state index in [1.54, 1.807) is 0 Å². The summed E-state index contributed by atoms with van der Waals surface area (Å²) in [6.45, 7) is 7.09. The number of hydrogen-bond donors (Lipinski definition) is 0. The molecule has 0 amide bonds. The lowest BCUT2D eigenvalue weighted by Crippen LogP contribution is -2.43. The molecule has 3 nitrogen and oxygen atoms in total. The Labute approximate surface area is 205 Å². The average molecular weight is 461 g/mol. The highest BCUT2D eigenvalue weighted by molar-refractivity contribution is 5.79. The van der Waals surface area contributed by atoms with Gasteiger partial charge in [-0.1, -0.05) is 108 Å². The second-order valence-corrected chi connectivity index (χ2v) is 10.7. The van der Waals surface area contributed by atoms with Crippen molar-refractivity contribution >= 4 is 6.29 Å². The fourth-order valence-electron chi connectivity index (χ4n) is 4.49. The van der Waals surface area contributed by atoms with E-state index in [9.17, 15) is 4.79 Å². The minimum absolute atomic E-state index is 0.649. The van der Waals surface area contributed by atoms with Crippen LogP contribution in [-0.2, 0) is 0 Å². The molecular formula is C30H54NO2+. The van der Waals surface area contributed by atoms with E-state index >= 15 is 0 Å². The Kier molecular flexibility index (Phi) is 17.1. The summed E-state index contributed by atoms with van der Waals surface area (Å²) in [5, 5.41) is 0. The number of ether oxygens (including phenoxy) is 1. The highest BCUT2D eigenvalue weighted by Gasteiger charge is 2.15. The maximum absolute atomic E-state index is 11.2. The first kappa shape index (κ1) is 29.7. The second-order valence-electron chi connectivity index (χ2n) is 10.7. The number of benzene rings is 1. The van der Waals surface area contributed by atoms with Crippen LogP contribution in [0.15, 0.2) is 18.2 Å². The number of nitrogens with zero attached hydrogens (tertiary/aromatic N) is 1. The molecule has 0 aromatic heterocycles. The Morgan fingerprint density at radius 3 is 1.70 bits per heavy atom. The minimum atomic E-state index is 0.649. The van der Waals surface area contributed by atoms with Crippen molar-refractivity contribution in [1.29, 1.82) is 0 Å². The molecule has 190 valence electrons. The number of unbranched alkanes of at least 4 members (excludes halogenated alkanes) is 15. The molecule has 3 heteroatoms. The molecule has 0 aliphatic carbocycles. The van der Waals surface area contributed by atoms with Crippen LogP contribution in [0.25, 0.3) is 0 Å². The number of aldehydes is 1. The molecule has 33 heavy (non-hydrogen) atoms. The molecule has 0 radical (unpaired) electrons. The maximum Gasteiger partial charge on any atom is 0.153 e. The van der Waals surface area contributed by atoms with Crippen LogP contribution in [0.1, 0.15) is 126 Å². The lowest BCUT2D eigenvalue weighted by Gasteiger charge is -2.29. The summed E-state index contributed by atoms with van der Waals surface area (Å²) < 4.78 is 6.88. The Bertz CT molecular complexity index is 611. The molecule has 0 aliphatic rings. The van der Waals surface area contributed by atoms with Gasteiger partial charge in [-0.25, -0.2) is 0 Å². The molecule has 0 fully saturated rings. The molecule has 1 aromatic rings. The van der Waals surface area contributed by atoms with Gasteiger partial charge in [0.25, 0.3) is 0 Å². The highest BCUT2D eigenvalue weighted by Crippen LogP contribution is 2.18. The van der Waals surface area contributed by atoms with Gasteiger partial charge in [0, 0.05) is 0 Å². The third-order valence-corrected chi connectivity index (χ3v) is 6.86. The summed E-state index contributed by atoms with van der Waals surface area (Å²) in [7, 11) is 4.56. The molecule has 0 atom stereocenters. The number of carbonyl (C=O) groups excluding carboxylic acids is 1. The molecule has 0 saturated carbocycles. The lowest BCUT2D eigenvalue weighted by atomic mass is 10.0. The van der Waals surface area contributed by atoms with Gasteiger partial charge in [0.15, 0.2) is 6.29 Å². The van der Waals surface area contributed by atoms with Crippen LogP contribution >= 0.6 is 0 Å². The highest BCUT2D eigenvalue weighted by atomic mass is 16.5. The molecule has 0 N–H and O–H groups in total. The fourth-order valence-corrected chi connectivity index (χ4v) is 4.49. The van der Waals surface area contributed by atoms with Gasteiger partial charge in [-0.05, 0) is 31.9 Å². The molecule has 1 aromatic carbocycles. The van der Waals surface area contributed by atoms with Crippen molar-refractivity contribution in [3.8, 4) is 5.75 Å². The summed E-state index contributed by atoms with van der Waals surface area (Å²) in [6, 6.07) is 5.80. The van der Waals surface area contributed by atoms with Gasteiger partial charge in [0.1, 0.15) is 18.9 Å². The molecule has 0 aliphatic heterocycles. The normalized spacial score (nSPS) is 11.6. The van der Waals surface area contributed by atoms with E-state index in [-0.39, 0.29) is 0 Å². The van der Waals surface area contributed by atoms with Gasteiger partial charge in [-0.3, -0.25) is 4.79 Å². The van der Waals surface area contributed by atoms with Gasteiger partial charge in [-0.15, -0.1) is 0 Å². The molecule has 0 spiro atoms. The smallest absolute Gasteiger partial charge is 0.153 e. The van der Waals surface area contributed by atoms with Crippen LogP contribution in [0.2, 0.25) is 0 Å². The van der Waals surface area contributed by atoms with Crippen molar-refractivity contribution in [3.63, 3.8) is 0 Å². The van der Waals surface area contributed by atoms with Gasteiger partial charge in [0.05, 0.1) is 26.2 Å². The van der Waals surface area contributed by atoms with E-state index in [0.717, 1.165) is 22.9 Å². The van der Waals surface area contributed by atoms with Crippen molar-refractivity contribution in [1.82, 2.24) is 0 Å². The third-order valence-electron chi connectivity index (χ3n) is 6.86. The summed E-state index contributed by atoms with van der Waals surface area (Å²) in [4.78, 5) is 11.2. The summed E-state index contributed by atoms with van der Waals surface area (Å²) in [5.41, 5.74) is 1.74. The molecule has 0 unspecified atom stereocenters. The van der Waals surface area contributed by atoms with Crippen molar-refractivity contribution in [3.05, 3.63) is 29.3 Å². The largest absolute Gasteiger partial charge is 0.487 e. The topological polar surface area (TPSA) is 26.3 Å².